The molecule has 0 spiro atoms. The molecule has 1 heterocycles. The molecule has 0 aliphatic heterocycles. The maximum absolute atomic E-state index is 11.8. The van der Waals surface area contributed by atoms with Crippen LogP contribution in [-0.2, 0) is 17.6 Å². The minimum atomic E-state index is 0. The zero-order valence-corrected chi connectivity index (χ0v) is 18.9. The van der Waals surface area contributed by atoms with E-state index in [-0.39, 0.29) is 35.9 Å². The van der Waals surface area contributed by atoms with Crippen molar-refractivity contribution in [2.75, 3.05) is 19.6 Å². The number of rotatable bonds is 10. The third kappa shape index (κ3) is 10.6. The molecular weight excluding hydrogens is 449 g/mol. The number of nitrogens with one attached hydrogen (secondary N) is 3. The summed E-state index contributed by atoms with van der Waals surface area (Å²) in [5, 5.41) is 10.5. The Labute approximate surface area is 172 Å². The predicted molar refractivity (Wildman–Crippen MR) is 117 cm³/mol. The Bertz CT molecular complexity index is 521. The Morgan fingerprint density at radius 3 is 2.68 bits per heavy atom. The molecule has 1 amide bonds. The van der Waals surface area contributed by atoms with Crippen molar-refractivity contribution in [3.63, 3.8) is 0 Å². The van der Waals surface area contributed by atoms with E-state index in [0.29, 0.717) is 19.5 Å². The molecule has 0 aromatic carbocycles. The Hall–Kier alpha value is -0.900. The highest BCUT2D eigenvalue weighted by molar-refractivity contribution is 14.0. The van der Waals surface area contributed by atoms with Gasteiger partial charge in [-0.25, -0.2) is 4.98 Å². The number of hydrogen-bond acceptors (Lipinski definition) is 4. The Kier molecular flexibility index (Phi) is 13.8. The number of aryl methyl sites for hydroxylation is 1. The fraction of sp³-hybridized carbons (Fsp3) is 0.706. The topological polar surface area (TPSA) is 78.4 Å². The molecule has 0 saturated heterocycles. The van der Waals surface area contributed by atoms with Gasteiger partial charge in [0.15, 0.2) is 5.96 Å². The lowest BCUT2D eigenvalue weighted by atomic mass is 10.2. The van der Waals surface area contributed by atoms with Crippen LogP contribution in [-0.4, -0.2) is 42.5 Å². The molecule has 0 radical (unpaired) electrons. The summed E-state index contributed by atoms with van der Waals surface area (Å²) in [6.45, 7) is 10.3. The van der Waals surface area contributed by atoms with Gasteiger partial charge in [-0.2, -0.15) is 0 Å². The standard InChI is InChI=1S/C17H31N5OS.HI/c1-5-13(4)22-15(23)8-10-19-17(18-7-3)20-11-9-16-21-12-14(6-2)24-16;/h12-13H,5-11H2,1-4H3,(H,22,23)(H2,18,19,20);1H. The zero-order chi connectivity index (χ0) is 17.8. The van der Waals surface area contributed by atoms with Gasteiger partial charge in [-0.15, -0.1) is 35.3 Å². The minimum Gasteiger partial charge on any atom is -0.357 e. The lowest BCUT2D eigenvalue weighted by molar-refractivity contribution is -0.121. The summed E-state index contributed by atoms with van der Waals surface area (Å²) >= 11 is 1.75. The fourth-order valence-corrected chi connectivity index (χ4v) is 2.83. The Morgan fingerprint density at radius 2 is 2.08 bits per heavy atom. The van der Waals surface area contributed by atoms with Crippen molar-refractivity contribution in [2.45, 2.75) is 59.4 Å². The fourth-order valence-electron chi connectivity index (χ4n) is 1.98. The number of amides is 1. The van der Waals surface area contributed by atoms with E-state index in [9.17, 15) is 4.79 Å². The molecule has 0 aliphatic rings. The van der Waals surface area contributed by atoms with Crippen LogP contribution in [0.2, 0.25) is 0 Å². The minimum absolute atomic E-state index is 0. The highest BCUT2D eigenvalue weighted by atomic mass is 127. The lowest BCUT2D eigenvalue weighted by Crippen LogP contribution is -2.40. The van der Waals surface area contributed by atoms with E-state index in [4.69, 9.17) is 0 Å². The van der Waals surface area contributed by atoms with Gasteiger partial charge < -0.3 is 16.0 Å². The van der Waals surface area contributed by atoms with Crippen LogP contribution >= 0.6 is 35.3 Å². The van der Waals surface area contributed by atoms with Crippen molar-refractivity contribution in [1.29, 1.82) is 0 Å². The number of guanidine groups is 1. The number of aliphatic imine (C=N–C) groups is 1. The monoisotopic (exact) mass is 481 g/mol. The van der Waals surface area contributed by atoms with E-state index >= 15 is 0 Å². The van der Waals surface area contributed by atoms with Crippen LogP contribution in [0.1, 0.15) is 50.4 Å². The maximum atomic E-state index is 11.8. The summed E-state index contributed by atoms with van der Waals surface area (Å²) in [5.74, 6) is 0.823. The SMILES string of the molecule is CCNC(=NCCc1ncc(CC)s1)NCCC(=O)NC(C)CC.I. The molecule has 1 aromatic heterocycles. The summed E-state index contributed by atoms with van der Waals surface area (Å²) in [6.07, 6.45) is 5.21. The molecule has 0 bridgehead atoms. The Balaban J connectivity index is 0.00000576. The highest BCUT2D eigenvalue weighted by Crippen LogP contribution is 2.13. The van der Waals surface area contributed by atoms with Crippen LogP contribution in [0.3, 0.4) is 0 Å². The van der Waals surface area contributed by atoms with E-state index in [0.717, 1.165) is 36.8 Å². The second kappa shape index (κ2) is 14.3. The van der Waals surface area contributed by atoms with E-state index < -0.39 is 0 Å². The quantitative estimate of drug-likeness (QED) is 0.273. The molecule has 6 nitrogen and oxygen atoms in total. The molecule has 1 atom stereocenters. The average Bonchev–Trinajstić information content (AvgIpc) is 3.02. The number of carbonyl (C=O) groups is 1. The molecule has 0 aliphatic carbocycles. The summed E-state index contributed by atoms with van der Waals surface area (Å²) in [7, 11) is 0. The van der Waals surface area contributed by atoms with Gasteiger partial charge >= 0.3 is 0 Å². The molecule has 1 aromatic rings. The number of aromatic nitrogens is 1. The van der Waals surface area contributed by atoms with Gasteiger partial charge in [0.25, 0.3) is 0 Å². The molecule has 8 heteroatoms. The molecule has 1 unspecified atom stereocenters. The van der Waals surface area contributed by atoms with Crippen LogP contribution in [0.25, 0.3) is 0 Å². The summed E-state index contributed by atoms with van der Waals surface area (Å²) < 4.78 is 0. The van der Waals surface area contributed by atoms with Crippen molar-refractivity contribution in [2.24, 2.45) is 4.99 Å². The van der Waals surface area contributed by atoms with Crippen molar-refractivity contribution < 1.29 is 4.79 Å². The van der Waals surface area contributed by atoms with Gasteiger partial charge in [-0.05, 0) is 26.7 Å². The first kappa shape index (κ1) is 24.1. The number of carbonyl (C=O) groups excluding carboxylic acids is 1. The summed E-state index contributed by atoms with van der Waals surface area (Å²) in [4.78, 5) is 22.0. The molecule has 1 rings (SSSR count). The molecule has 25 heavy (non-hydrogen) atoms. The van der Waals surface area contributed by atoms with Crippen LogP contribution in [0.15, 0.2) is 11.2 Å². The average molecular weight is 481 g/mol. The first-order valence-electron chi connectivity index (χ1n) is 8.84. The predicted octanol–water partition coefficient (Wildman–Crippen LogP) is 2.73. The molecule has 3 N–H and O–H groups in total. The molecule has 0 fully saturated rings. The first-order chi connectivity index (χ1) is 11.6. The molecule has 0 saturated carbocycles. The van der Waals surface area contributed by atoms with E-state index in [1.165, 1.54) is 4.88 Å². The smallest absolute Gasteiger partial charge is 0.221 e. The Morgan fingerprint density at radius 1 is 1.32 bits per heavy atom. The van der Waals surface area contributed by atoms with E-state index in [1.807, 2.05) is 20.0 Å². The van der Waals surface area contributed by atoms with Crippen LogP contribution in [0.4, 0.5) is 0 Å². The third-order valence-corrected chi connectivity index (χ3v) is 4.76. The van der Waals surface area contributed by atoms with Crippen molar-refractivity contribution >= 4 is 47.2 Å². The van der Waals surface area contributed by atoms with Crippen molar-refractivity contribution in [3.05, 3.63) is 16.1 Å². The summed E-state index contributed by atoms with van der Waals surface area (Å²) in [6, 6.07) is 0.228. The lowest BCUT2D eigenvalue weighted by Gasteiger charge is -2.13. The van der Waals surface area contributed by atoms with Crippen LogP contribution in [0, 0.1) is 0 Å². The van der Waals surface area contributed by atoms with Crippen molar-refractivity contribution in [1.82, 2.24) is 20.9 Å². The largest absolute Gasteiger partial charge is 0.357 e. The number of halogens is 1. The molecule has 144 valence electrons. The first-order valence-corrected chi connectivity index (χ1v) is 9.65. The van der Waals surface area contributed by atoms with E-state index in [1.54, 1.807) is 11.3 Å². The van der Waals surface area contributed by atoms with E-state index in [2.05, 4.69) is 39.8 Å². The van der Waals surface area contributed by atoms with Gasteiger partial charge in [-0.3, -0.25) is 9.79 Å². The second-order valence-corrected chi connectivity index (χ2v) is 6.84. The van der Waals surface area contributed by atoms with Crippen molar-refractivity contribution in [3.8, 4) is 0 Å². The molecular formula is C17H32IN5OS. The third-order valence-electron chi connectivity index (χ3n) is 3.55. The van der Waals surface area contributed by atoms with Gasteiger partial charge in [0, 0.05) is 49.6 Å². The van der Waals surface area contributed by atoms with Gasteiger partial charge in [0.2, 0.25) is 5.91 Å². The zero-order valence-electron chi connectivity index (χ0n) is 15.7. The highest BCUT2D eigenvalue weighted by Gasteiger charge is 2.06. The number of nitrogens with zero attached hydrogens (tertiary/aromatic N) is 2. The normalized spacial score (nSPS) is 12.2. The number of thiazole rings is 1. The van der Waals surface area contributed by atoms with Gasteiger partial charge in [-0.1, -0.05) is 13.8 Å². The number of hydrogen-bond donors (Lipinski definition) is 3. The van der Waals surface area contributed by atoms with Gasteiger partial charge in [0.1, 0.15) is 0 Å². The van der Waals surface area contributed by atoms with Crippen LogP contribution < -0.4 is 16.0 Å². The summed E-state index contributed by atoms with van der Waals surface area (Å²) in [5.41, 5.74) is 0. The van der Waals surface area contributed by atoms with Crippen LogP contribution in [0.5, 0.6) is 0 Å². The van der Waals surface area contributed by atoms with Gasteiger partial charge in [0.05, 0.1) is 5.01 Å². The second-order valence-electron chi connectivity index (χ2n) is 5.64. The maximum Gasteiger partial charge on any atom is 0.221 e.